The second-order valence-electron chi connectivity index (χ2n) is 9.12. The molecule has 5 rings (SSSR count). The summed E-state index contributed by atoms with van der Waals surface area (Å²) in [4.78, 5) is 43.5. The van der Waals surface area contributed by atoms with E-state index >= 15 is 0 Å². The molecule has 0 amide bonds. The van der Waals surface area contributed by atoms with Gasteiger partial charge in [-0.25, -0.2) is 14.4 Å². The molecule has 4 N–H and O–H groups in total. The average Bonchev–Trinajstić information content (AvgIpc) is 3.49. The first-order chi connectivity index (χ1) is 19.8. The smallest absolute Gasteiger partial charge is 0.355 e. The molecule has 204 valence electrons. The van der Waals surface area contributed by atoms with Crippen molar-refractivity contribution in [1.82, 2.24) is 4.98 Å². The lowest BCUT2D eigenvalue weighted by atomic mass is 9.80. The first-order valence-corrected chi connectivity index (χ1v) is 12.4. The normalized spacial score (nSPS) is 15.0. The predicted octanol–water partition coefficient (Wildman–Crippen LogP) is 4.43. The highest BCUT2D eigenvalue weighted by atomic mass is 16.5. The number of nitrogens with zero attached hydrogens (tertiary/aromatic N) is 2. The van der Waals surface area contributed by atoms with Crippen LogP contribution in [0, 0.1) is 11.3 Å². The molecule has 1 aliphatic heterocycles. The van der Waals surface area contributed by atoms with E-state index in [1.807, 2.05) is 24.3 Å². The first kappa shape index (κ1) is 26.8. The van der Waals surface area contributed by atoms with Crippen molar-refractivity contribution >= 4 is 34.5 Å². The molecule has 41 heavy (non-hydrogen) atoms. The van der Waals surface area contributed by atoms with Gasteiger partial charge in [0.2, 0.25) is 0 Å². The van der Waals surface area contributed by atoms with Gasteiger partial charge in [0.15, 0.2) is 0 Å². The molecule has 0 saturated heterocycles. The quantitative estimate of drug-likeness (QED) is 0.296. The van der Waals surface area contributed by atoms with E-state index in [4.69, 9.17) is 15.2 Å². The lowest BCUT2D eigenvalue weighted by Crippen LogP contribution is -2.41. The summed E-state index contributed by atoms with van der Waals surface area (Å²) in [7, 11) is 2.27. The van der Waals surface area contributed by atoms with Crippen molar-refractivity contribution in [3.05, 3.63) is 113 Å². The number of methoxy groups -OCH3 is 2. The van der Waals surface area contributed by atoms with Gasteiger partial charge in [0.25, 0.3) is 0 Å². The summed E-state index contributed by atoms with van der Waals surface area (Å²) in [6.45, 7) is 0. The number of carbonyl (C=O) groups excluding carboxylic acids is 2. The summed E-state index contributed by atoms with van der Waals surface area (Å²) < 4.78 is 10.1. The molecule has 0 spiro atoms. The Balaban J connectivity index is 1.87. The van der Waals surface area contributed by atoms with Crippen LogP contribution in [0.5, 0.6) is 0 Å². The number of rotatable bonds is 6. The van der Waals surface area contributed by atoms with E-state index in [1.165, 1.54) is 6.07 Å². The number of nitrogens with two attached hydrogens (primary N) is 1. The Labute approximate surface area is 234 Å². The average molecular weight is 549 g/mol. The van der Waals surface area contributed by atoms with Crippen LogP contribution in [0.4, 0.5) is 5.69 Å². The number of H-pyrrole nitrogens is 1. The van der Waals surface area contributed by atoms with Gasteiger partial charge in [0.05, 0.1) is 48.6 Å². The Morgan fingerprint density at radius 3 is 2.37 bits per heavy atom. The first-order valence-electron chi connectivity index (χ1n) is 12.4. The SMILES string of the molecule is COC(=O)C1=C(C(=O)OC)N(c2cc(-c3cccc4[nH]ccc34)ccc2C(=O)O)C(N)=C(C#N)C1c1ccccc1. The zero-order valence-corrected chi connectivity index (χ0v) is 22.0. The van der Waals surface area contributed by atoms with Crippen molar-refractivity contribution in [2.45, 2.75) is 5.92 Å². The molecule has 1 atom stereocenters. The van der Waals surface area contributed by atoms with Gasteiger partial charge in [0, 0.05) is 17.1 Å². The van der Waals surface area contributed by atoms with Gasteiger partial charge in [-0.05, 0) is 41.0 Å². The number of benzene rings is 3. The number of hydrogen-bond donors (Lipinski definition) is 3. The summed E-state index contributed by atoms with van der Waals surface area (Å²) in [6.07, 6.45) is 1.79. The summed E-state index contributed by atoms with van der Waals surface area (Å²) in [5, 5.41) is 21.3. The molecular weight excluding hydrogens is 524 g/mol. The van der Waals surface area contributed by atoms with Gasteiger partial charge in [-0.15, -0.1) is 0 Å². The van der Waals surface area contributed by atoms with Crippen LogP contribution in [0.15, 0.2) is 102 Å². The zero-order valence-electron chi connectivity index (χ0n) is 22.0. The number of allylic oxidation sites excluding steroid dienone is 1. The largest absolute Gasteiger partial charge is 0.478 e. The Bertz CT molecular complexity index is 1810. The number of ether oxygens (including phenoxy) is 2. The number of anilines is 1. The molecule has 10 heteroatoms. The fourth-order valence-corrected chi connectivity index (χ4v) is 5.17. The molecule has 10 nitrogen and oxygen atoms in total. The van der Waals surface area contributed by atoms with Crippen LogP contribution in [0.25, 0.3) is 22.0 Å². The summed E-state index contributed by atoms with van der Waals surface area (Å²) in [5.74, 6) is -4.50. The molecule has 2 heterocycles. The Kier molecular flexibility index (Phi) is 7.02. The minimum absolute atomic E-state index is 0.0406. The van der Waals surface area contributed by atoms with Gasteiger partial charge in [-0.3, -0.25) is 4.90 Å². The fourth-order valence-electron chi connectivity index (χ4n) is 5.17. The van der Waals surface area contributed by atoms with E-state index in [9.17, 15) is 24.8 Å². The van der Waals surface area contributed by atoms with Crippen LogP contribution < -0.4 is 10.6 Å². The highest BCUT2D eigenvalue weighted by molar-refractivity contribution is 6.08. The van der Waals surface area contributed by atoms with Crippen molar-refractivity contribution in [3.8, 4) is 17.2 Å². The second-order valence-corrected chi connectivity index (χ2v) is 9.12. The standard InChI is InChI=1S/C31H24N4O6/c1-40-30(38)26-25(17-7-4-3-5-8-17)22(16-32)28(33)35(27(26)31(39)41-2)24-15-18(11-12-21(24)29(36)37)19-9-6-10-23-20(19)13-14-34-23/h3-15,25,34H,33H2,1-2H3,(H,36,37). The number of carbonyl (C=O) groups is 3. The van der Waals surface area contributed by atoms with E-state index in [-0.39, 0.29) is 33.9 Å². The second kappa shape index (κ2) is 10.7. The number of nitriles is 1. The molecule has 0 bridgehead atoms. The molecule has 1 aromatic heterocycles. The number of nitrogens with one attached hydrogen (secondary N) is 1. The maximum absolute atomic E-state index is 13.4. The third-order valence-corrected chi connectivity index (χ3v) is 6.99. The highest BCUT2D eigenvalue weighted by Crippen LogP contribution is 2.45. The highest BCUT2D eigenvalue weighted by Gasteiger charge is 2.43. The van der Waals surface area contributed by atoms with E-state index in [0.29, 0.717) is 11.1 Å². The van der Waals surface area contributed by atoms with Crippen molar-refractivity contribution in [2.24, 2.45) is 5.73 Å². The number of esters is 2. The Hall–Kier alpha value is -5.82. The Morgan fingerprint density at radius 1 is 0.976 bits per heavy atom. The third-order valence-electron chi connectivity index (χ3n) is 6.99. The number of aromatic nitrogens is 1. The number of fused-ring (bicyclic) bond motifs is 1. The third kappa shape index (κ3) is 4.45. The molecular formula is C31H24N4O6. The van der Waals surface area contributed by atoms with E-state index in [0.717, 1.165) is 35.6 Å². The maximum Gasteiger partial charge on any atom is 0.355 e. The molecule has 3 aromatic carbocycles. The van der Waals surface area contributed by atoms with Gasteiger partial charge in [-0.1, -0.05) is 48.5 Å². The van der Waals surface area contributed by atoms with Crippen LogP contribution in [-0.4, -0.2) is 42.2 Å². The van der Waals surface area contributed by atoms with Crippen molar-refractivity contribution < 1.29 is 29.0 Å². The van der Waals surface area contributed by atoms with Crippen molar-refractivity contribution in [1.29, 1.82) is 5.26 Å². The van der Waals surface area contributed by atoms with E-state index in [1.54, 1.807) is 48.7 Å². The van der Waals surface area contributed by atoms with Gasteiger partial charge >= 0.3 is 17.9 Å². The number of aromatic amines is 1. The molecule has 0 saturated carbocycles. The predicted molar refractivity (Wildman–Crippen MR) is 150 cm³/mol. The molecule has 0 aliphatic carbocycles. The fraction of sp³-hybridized carbons (Fsp3) is 0.0968. The van der Waals surface area contributed by atoms with E-state index < -0.39 is 23.8 Å². The number of carboxylic acid groups (broad SMARTS) is 1. The maximum atomic E-state index is 13.4. The minimum atomic E-state index is -1.31. The number of aromatic carboxylic acids is 1. The topological polar surface area (TPSA) is 159 Å². The minimum Gasteiger partial charge on any atom is -0.478 e. The molecule has 4 aromatic rings. The van der Waals surface area contributed by atoms with Crippen LogP contribution in [-0.2, 0) is 19.1 Å². The van der Waals surface area contributed by atoms with Gasteiger partial charge in [0.1, 0.15) is 11.5 Å². The lowest BCUT2D eigenvalue weighted by Gasteiger charge is -2.36. The molecule has 1 unspecified atom stereocenters. The summed E-state index contributed by atoms with van der Waals surface area (Å²) in [6, 6.07) is 22.7. The summed E-state index contributed by atoms with van der Waals surface area (Å²) in [5.41, 5.74) is 8.45. The molecule has 0 fully saturated rings. The van der Waals surface area contributed by atoms with Crippen LogP contribution in [0.3, 0.4) is 0 Å². The van der Waals surface area contributed by atoms with Crippen molar-refractivity contribution in [3.63, 3.8) is 0 Å². The van der Waals surface area contributed by atoms with Gasteiger partial charge in [-0.2, -0.15) is 5.26 Å². The van der Waals surface area contributed by atoms with Crippen LogP contribution >= 0.6 is 0 Å². The molecule has 0 radical (unpaired) electrons. The zero-order chi connectivity index (χ0) is 29.3. The van der Waals surface area contributed by atoms with E-state index in [2.05, 4.69) is 11.1 Å². The monoisotopic (exact) mass is 548 g/mol. The van der Waals surface area contributed by atoms with Crippen molar-refractivity contribution in [2.75, 3.05) is 19.1 Å². The summed E-state index contributed by atoms with van der Waals surface area (Å²) >= 11 is 0. The number of hydrogen-bond acceptors (Lipinski definition) is 8. The molecule has 1 aliphatic rings. The number of carboxylic acids is 1. The lowest BCUT2D eigenvalue weighted by molar-refractivity contribution is -0.139. The van der Waals surface area contributed by atoms with Gasteiger partial charge < -0.3 is 25.3 Å². The van der Waals surface area contributed by atoms with Crippen LogP contribution in [0.1, 0.15) is 21.8 Å². The Morgan fingerprint density at radius 2 is 1.71 bits per heavy atom. The van der Waals surface area contributed by atoms with Crippen LogP contribution in [0.2, 0.25) is 0 Å².